The van der Waals surface area contributed by atoms with Gasteiger partial charge in [-0.05, 0) is 30.0 Å². The predicted octanol–water partition coefficient (Wildman–Crippen LogP) is 2.88. The lowest BCUT2D eigenvalue weighted by Crippen LogP contribution is -2.35. The van der Waals surface area contributed by atoms with Crippen LogP contribution in [0.15, 0.2) is 47.8 Å². The second-order valence-corrected chi connectivity index (χ2v) is 9.30. The van der Waals surface area contributed by atoms with Crippen LogP contribution < -0.4 is 5.32 Å². The fraction of sp³-hybridized carbons (Fsp3) is 0.222. The number of aromatic nitrogens is 1. The van der Waals surface area contributed by atoms with Crippen molar-refractivity contribution in [2.24, 2.45) is 0 Å². The zero-order valence-corrected chi connectivity index (χ0v) is 14.9. The van der Waals surface area contributed by atoms with E-state index in [1.54, 1.807) is 17.4 Å². The van der Waals surface area contributed by atoms with Gasteiger partial charge in [0.15, 0.2) is 9.84 Å². The second-order valence-electron chi connectivity index (χ2n) is 6.12. The highest BCUT2D eigenvalue weighted by Crippen LogP contribution is 2.28. The topological polar surface area (TPSA) is 76.1 Å². The third-order valence-corrected chi connectivity index (χ3v) is 6.96. The number of carbonyl (C=O) groups is 1. The van der Waals surface area contributed by atoms with E-state index in [0.717, 1.165) is 21.5 Å². The molecule has 5 nitrogen and oxygen atoms in total. The van der Waals surface area contributed by atoms with Crippen molar-refractivity contribution in [1.29, 1.82) is 0 Å². The predicted molar refractivity (Wildman–Crippen MR) is 99.6 cm³/mol. The summed E-state index contributed by atoms with van der Waals surface area (Å²) in [7, 11) is -3.03. The van der Waals surface area contributed by atoms with Gasteiger partial charge in [0.1, 0.15) is 0 Å². The Bertz CT molecular complexity index is 1040. The van der Waals surface area contributed by atoms with Crippen molar-refractivity contribution in [1.82, 2.24) is 10.3 Å². The molecule has 2 aromatic heterocycles. The highest BCUT2D eigenvalue weighted by molar-refractivity contribution is 7.91. The normalized spacial score (nSPS) is 19.1. The van der Waals surface area contributed by atoms with Gasteiger partial charge in [-0.1, -0.05) is 24.3 Å². The van der Waals surface area contributed by atoms with E-state index < -0.39 is 9.84 Å². The van der Waals surface area contributed by atoms with Crippen LogP contribution in [0.1, 0.15) is 16.8 Å². The highest BCUT2D eigenvalue weighted by Gasteiger charge is 2.29. The first-order valence-electron chi connectivity index (χ1n) is 7.97. The van der Waals surface area contributed by atoms with Gasteiger partial charge in [0, 0.05) is 11.4 Å². The number of nitrogens with zero attached hydrogens (tertiary/aromatic N) is 1. The summed E-state index contributed by atoms with van der Waals surface area (Å²) in [6.45, 7) is 0. The van der Waals surface area contributed by atoms with Gasteiger partial charge in [0.25, 0.3) is 5.91 Å². The molecule has 0 bridgehead atoms. The maximum atomic E-state index is 12.8. The van der Waals surface area contributed by atoms with Crippen LogP contribution in [0.3, 0.4) is 0 Å². The molecule has 0 radical (unpaired) electrons. The SMILES string of the molecule is O=C(N[C@H]1CCS(=O)(=O)C1)c1cc(-c2cccs2)nc2ccccc12. The van der Waals surface area contributed by atoms with Crippen molar-refractivity contribution < 1.29 is 13.2 Å². The number of nitrogens with one attached hydrogen (secondary N) is 1. The highest BCUT2D eigenvalue weighted by atomic mass is 32.2. The zero-order valence-electron chi connectivity index (χ0n) is 13.3. The van der Waals surface area contributed by atoms with Gasteiger partial charge in [-0.25, -0.2) is 13.4 Å². The summed E-state index contributed by atoms with van der Waals surface area (Å²) < 4.78 is 23.2. The lowest BCUT2D eigenvalue weighted by atomic mass is 10.1. The van der Waals surface area contributed by atoms with E-state index in [0.29, 0.717) is 12.0 Å². The van der Waals surface area contributed by atoms with E-state index in [1.807, 2.05) is 41.8 Å². The first-order valence-corrected chi connectivity index (χ1v) is 10.7. The molecule has 1 atom stereocenters. The number of sulfone groups is 1. The number of rotatable bonds is 3. The summed E-state index contributed by atoms with van der Waals surface area (Å²) in [5.41, 5.74) is 2.02. The fourth-order valence-corrected chi connectivity index (χ4v) is 5.45. The van der Waals surface area contributed by atoms with E-state index in [2.05, 4.69) is 10.3 Å². The molecule has 25 heavy (non-hydrogen) atoms. The molecule has 3 heterocycles. The molecular formula is C18H16N2O3S2. The Labute approximate surface area is 149 Å². The number of pyridine rings is 1. The Morgan fingerprint density at radius 2 is 2.04 bits per heavy atom. The molecule has 1 aliphatic rings. The van der Waals surface area contributed by atoms with Gasteiger partial charge in [-0.3, -0.25) is 4.79 Å². The Morgan fingerprint density at radius 1 is 1.20 bits per heavy atom. The lowest BCUT2D eigenvalue weighted by Gasteiger charge is -2.13. The van der Waals surface area contributed by atoms with Crippen LogP contribution in [-0.2, 0) is 9.84 Å². The summed E-state index contributed by atoms with van der Waals surface area (Å²) in [6, 6.07) is 12.9. The van der Waals surface area contributed by atoms with Crippen molar-refractivity contribution in [2.45, 2.75) is 12.5 Å². The number of thiophene rings is 1. The number of fused-ring (bicyclic) bond motifs is 1. The number of carbonyl (C=O) groups excluding carboxylic acids is 1. The number of amides is 1. The quantitative estimate of drug-likeness (QED) is 0.767. The van der Waals surface area contributed by atoms with Crippen LogP contribution in [0.4, 0.5) is 0 Å². The van der Waals surface area contributed by atoms with Crippen molar-refractivity contribution >= 4 is 38.0 Å². The molecule has 3 aromatic rings. The monoisotopic (exact) mass is 372 g/mol. The van der Waals surface area contributed by atoms with Gasteiger partial charge >= 0.3 is 0 Å². The zero-order chi connectivity index (χ0) is 17.4. The number of para-hydroxylation sites is 1. The molecule has 0 unspecified atom stereocenters. The standard InChI is InChI=1S/C18H16N2O3S2/c21-18(19-12-7-9-25(22,23)11-12)14-10-16(17-6-3-8-24-17)20-15-5-2-1-4-13(14)15/h1-6,8,10,12H,7,9,11H2,(H,19,21)/t12-/m0/s1. The van der Waals surface area contributed by atoms with Crippen LogP contribution in [-0.4, -0.2) is 36.9 Å². The number of hydrogen-bond acceptors (Lipinski definition) is 5. The summed E-state index contributed by atoms with van der Waals surface area (Å²) in [6.07, 6.45) is 0.467. The van der Waals surface area contributed by atoms with Gasteiger partial charge in [0.2, 0.25) is 0 Å². The minimum atomic E-state index is -3.03. The third kappa shape index (κ3) is 3.29. The molecule has 0 aliphatic carbocycles. The van der Waals surface area contributed by atoms with Gasteiger partial charge in [-0.15, -0.1) is 11.3 Å². The van der Waals surface area contributed by atoms with Crippen LogP contribution in [0, 0.1) is 0 Å². The molecule has 128 valence electrons. The molecule has 4 rings (SSSR count). The van der Waals surface area contributed by atoms with E-state index in [4.69, 9.17) is 0 Å². The molecule has 1 N–H and O–H groups in total. The minimum absolute atomic E-state index is 0.0134. The van der Waals surface area contributed by atoms with Crippen molar-refractivity contribution in [3.05, 3.63) is 53.4 Å². The first-order chi connectivity index (χ1) is 12.0. The van der Waals surface area contributed by atoms with E-state index in [9.17, 15) is 13.2 Å². The molecule has 0 spiro atoms. The Hall–Kier alpha value is -2.25. The molecule has 1 saturated heterocycles. The Kier molecular flexibility index (Phi) is 4.05. The van der Waals surface area contributed by atoms with Gasteiger partial charge in [-0.2, -0.15) is 0 Å². The average Bonchev–Trinajstić information content (AvgIpc) is 3.23. The minimum Gasteiger partial charge on any atom is -0.348 e. The summed E-state index contributed by atoms with van der Waals surface area (Å²) >= 11 is 1.56. The molecule has 1 amide bonds. The average molecular weight is 372 g/mol. The Balaban J connectivity index is 1.73. The molecule has 1 fully saturated rings. The third-order valence-electron chi connectivity index (χ3n) is 4.30. The molecular weight excluding hydrogens is 356 g/mol. The second kappa shape index (κ2) is 6.24. The number of hydrogen-bond donors (Lipinski definition) is 1. The first kappa shape index (κ1) is 16.2. The van der Waals surface area contributed by atoms with E-state index in [1.165, 1.54) is 0 Å². The maximum absolute atomic E-state index is 12.8. The van der Waals surface area contributed by atoms with Crippen LogP contribution in [0.25, 0.3) is 21.5 Å². The van der Waals surface area contributed by atoms with Crippen LogP contribution >= 0.6 is 11.3 Å². The van der Waals surface area contributed by atoms with Crippen molar-refractivity contribution in [3.8, 4) is 10.6 Å². The molecule has 7 heteroatoms. The molecule has 1 aliphatic heterocycles. The van der Waals surface area contributed by atoms with Crippen LogP contribution in [0.5, 0.6) is 0 Å². The van der Waals surface area contributed by atoms with Gasteiger partial charge < -0.3 is 5.32 Å². The summed E-state index contributed by atoms with van der Waals surface area (Å²) in [4.78, 5) is 18.5. The largest absolute Gasteiger partial charge is 0.348 e. The van der Waals surface area contributed by atoms with E-state index >= 15 is 0 Å². The molecule has 1 aromatic carbocycles. The van der Waals surface area contributed by atoms with Crippen molar-refractivity contribution in [2.75, 3.05) is 11.5 Å². The van der Waals surface area contributed by atoms with Crippen LogP contribution in [0.2, 0.25) is 0 Å². The van der Waals surface area contributed by atoms with E-state index in [-0.39, 0.29) is 23.5 Å². The van der Waals surface area contributed by atoms with Gasteiger partial charge in [0.05, 0.1) is 33.2 Å². The fourth-order valence-electron chi connectivity index (χ4n) is 3.09. The summed E-state index contributed by atoms with van der Waals surface area (Å²) in [5, 5.41) is 5.61. The van der Waals surface area contributed by atoms with Crippen molar-refractivity contribution in [3.63, 3.8) is 0 Å². The lowest BCUT2D eigenvalue weighted by molar-refractivity contribution is 0.0943. The number of benzene rings is 1. The molecule has 0 saturated carbocycles. The smallest absolute Gasteiger partial charge is 0.252 e. The Morgan fingerprint density at radius 3 is 2.76 bits per heavy atom. The summed E-state index contributed by atoms with van der Waals surface area (Å²) in [5.74, 6) is -0.104. The maximum Gasteiger partial charge on any atom is 0.252 e.